The van der Waals surface area contributed by atoms with E-state index in [9.17, 15) is 14.9 Å². The molecule has 140 valence electrons. The van der Waals surface area contributed by atoms with Crippen molar-refractivity contribution in [1.29, 1.82) is 5.26 Å². The fraction of sp³-hybridized carbons (Fsp3) is 0.556. The standard InChI is InChI=1S/C18H24N4O3S/c1-18(2,3)25-17(24)21-10-15(16(23)22(12-19)14-7-8-14)26-11-13-6-4-5-9-20-13/h4-6,9,14-15H,7-8,10-11H2,1-3H3,(H,21,24)/t15-/m1/s1. The molecule has 1 aromatic heterocycles. The fourth-order valence-electron chi connectivity index (χ4n) is 2.18. The maximum Gasteiger partial charge on any atom is 0.407 e. The Hall–Kier alpha value is -2.27. The van der Waals surface area contributed by atoms with E-state index < -0.39 is 16.9 Å². The summed E-state index contributed by atoms with van der Waals surface area (Å²) in [5.74, 6) is 0.226. The van der Waals surface area contributed by atoms with Crippen LogP contribution in [0.1, 0.15) is 39.3 Å². The molecule has 7 nitrogen and oxygen atoms in total. The lowest BCUT2D eigenvalue weighted by Gasteiger charge is -2.23. The molecule has 0 spiro atoms. The third-order valence-corrected chi connectivity index (χ3v) is 4.75. The number of ether oxygens (including phenoxy) is 1. The van der Waals surface area contributed by atoms with E-state index in [1.165, 1.54) is 16.7 Å². The molecule has 8 heteroatoms. The van der Waals surface area contributed by atoms with E-state index in [1.54, 1.807) is 27.0 Å². The molecule has 1 atom stereocenters. The summed E-state index contributed by atoms with van der Waals surface area (Å²) < 4.78 is 5.22. The highest BCUT2D eigenvalue weighted by molar-refractivity contribution is 7.99. The van der Waals surface area contributed by atoms with Gasteiger partial charge in [-0.15, -0.1) is 11.8 Å². The van der Waals surface area contributed by atoms with Crippen LogP contribution in [0.15, 0.2) is 24.4 Å². The van der Waals surface area contributed by atoms with Crippen molar-refractivity contribution >= 4 is 23.8 Å². The Balaban J connectivity index is 1.99. The highest BCUT2D eigenvalue weighted by atomic mass is 32.2. The van der Waals surface area contributed by atoms with Gasteiger partial charge in [0.15, 0.2) is 6.19 Å². The van der Waals surface area contributed by atoms with E-state index >= 15 is 0 Å². The van der Waals surface area contributed by atoms with Gasteiger partial charge in [0.25, 0.3) is 5.91 Å². The SMILES string of the molecule is CC(C)(C)OC(=O)NC[C@@H](SCc1ccccn1)C(=O)N(C#N)C1CC1. The van der Waals surface area contributed by atoms with Crippen LogP contribution in [-0.4, -0.2) is 45.3 Å². The van der Waals surface area contributed by atoms with Gasteiger partial charge in [-0.25, -0.2) is 9.69 Å². The molecule has 1 aliphatic rings. The number of rotatable bonds is 7. The summed E-state index contributed by atoms with van der Waals surface area (Å²) in [5, 5.41) is 11.3. The van der Waals surface area contributed by atoms with E-state index in [4.69, 9.17) is 4.74 Å². The number of pyridine rings is 1. The predicted octanol–water partition coefficient (Wildman–Crippen LogP) is 2.68. The van der Waals surface area contributed by atoms with E-state index in [0.717, 1.165) is 18.5 Å². The molecule has 26 heavy (non-hydrogen) atoms. The monoisotopic (exact) mass is 376 g/mol. The summed E-state index contributed by atoms with van der Waals surface area (Å²) >= 11 is 1.36. The number of carbonyl (C=O) groups excluding carboxylic acids is 2. The summed E-state index contributed by atoms with van der Waals surface area (Å²) in [6.07, 6.45) is 4.78. The number of nitriles is 1. The van der Waals surface area contributed by atoms with Crippen LogP contribution in [-0.2, 0) is 15.3 Å². The molecule has 0 unspecified atom stereocenters. The molecule has 2 amide bonds. The predicted molar refractivity (Wildman–Crippen MR) is 99.0 cm³/mol. The number of nitrogens with one attached hydrogen (secondary N) is 1. The van der Waals surface area contributed by atoms with Crippen LogP contribution in [0.4, 0.5) is 4.79 Å². The molecule has 2 rings (SSSR count). The average molecular weight is 376 g/mol. The van der Waals surface area contributed by atoms with Gasteiger partial charge in [-0.1, -0.05) is 6.07 Å². The van der Waals surface area contributed by atoms with Gasteiger partial charge in [0.1, 0.15) is 10.9 Å². The zero-order valence-corrected chi connectivity index (χ0v) is 16.1. The Kier molecular flexibility index (Phi) is 6.86. The first-order valence-corrected chi connectivity index (χ1v) is 9.56. The Bertz CT molecular complexity index is 665. The van der Waals surface area contributed by atoms with Gasteiger partial charge in [0, 0.05) is 24.5 Å². The molecule has 1 N–H and O–H groups in total. The van der Waals surface area contributed by atoms with Crippen LogP contribution in [0.25, 0.3) is 0 Å². The second-order valence-corrected chi connectivity index (χ2v) is 8.23. The van der Waals surface area contributed by atoms with Gasteiger partial charge in [-0.3, -0.25) is 9.78 Å². The van der Waals surface area contributed by atoms with Gasteiger partial charge in [0.2, 0.25) is 0 Å². The van der Waals surface area contributed by atoms with Crippen molar-refractivity contribution in [2.45, 2.75) is 56.3 Å². The molecule has 1 aliphatic carbocycles. The van der Waals surface area contributed by atoms with Crippen LogP contribution >= 0.6 is 11.8 Å². The number of thioether (sulfide) groups is 1. The number of hydrogen-bond acceptors (Lipinski definition) is 6. The minimum Gasteiger partial charge on any atom is -0.444 e. The summed E-state index contributed by atoms with van der Waals surface area (Å²) in [6.45, 7) is 5.41. The minimum absolute atomic E-state index is 0.00743. The van der Waals surface area contributed by atoms with Crippen molar-refractivity contribution in [3.63, 3.8) is 0 Å². The van der Waals surface area contributed by atoms with Crippen LogP contribution in [0.5, 0.6) is 0 Å². The molecular weight excluding hydrogens is 352 g/mol. The Labute approximate surface area is 158 Å². The number of nitrogens with zero attached hydrogens (tertiary/aromatic N) is 3. The Morgan fingerprint density at radius 3 is 2.73 bits per heavy atom. The lowest BCUT2D eigenvalue weighted by Crippen LogP contribution is -2.43. The van der Waals surface area contributed by atoms with E-state index in [-0.39, 0.29) is 18.5 Å². The molecule has 1 fully saturated rings. The summed E-state index contributed by atoms with van der Waals surface area (Å²) in [7, 11) is 0. The molecule has 0 aliphatic heterocycles. The molecule has 0 saturated heterocycles. The normalized spacial score (nSPS) is 14.8. The zero-order valence-electron chi connectivity index (χ0n) is 15.3. The maximum atomic E-state index is 12.7. The number of amides is 2. The van der Waals surface area contributed by atoms with E-state index in [0.29, 0.717) is 5.75 Å². The zero-order chi connectivity index (χ0) is 19.2. The Morgan fingerprint density at radius 1 is 1.46 bits per heavy atom. The number of aromatic nitrogens is 1. The van der Waals surface area contributed by atoms with Gasteiger partial charge in [-0.05, 0) is 45.7 Å². The molecule has 1 heterocycles. The molecule has 1 saturated carbocycles. The van der Waals surface area contributed by atoms with Crippen molar-refractivity contribution < 1.29 is 14.3 Å². The molecule has 0 aromatic carbocycles. The summed E-state index contributed by atoms with van der Waals surface area (Å²) in [5.41, 5.74) is 0.222. The first kappa shape index (κ1) is 20.0. The third-order valence-electron chi connectivity index (χ3n) is 3.52. The molecule has 0 radical (unpaired) electrons. The third kappa shape index (κ3) is 6.56. The van der Waals surface area contributed by atoms with Gasteiger partial charge >= 0.3 is 6.09 Å². The molecule has 0 bridgehead atoms. The second-order valence-electron chi connectivity index (χ2n) is 7.04. The van der Waals surface area contributed by atoms with E-state index in [1.807, 2.05) is 24.4 Å². The number of alkyl carbamates (subject to hydrolysis) is 1. The number of carbonyl (C=O) groups is 2. The van der Waals surface area contributed by atoms with Crippen LogP contribution < -0.4 is 5.32 Å². The van der Waals surface area contributed by atoms with Crippen LogP contribution in [0, 0.1) is 11.5 Å². The topological polar surface area (TPSA) is 95.3 Å². The lowest BCUT2D eigenvalue weighted by atomic mass is 10.2. The van der Waals surface area contributed by atoms with Crippen molar-refractivity contribution in [1.82, 2.24) is 15.2 Å². The highest BCUT2D eigenvalue weighted by Gasteiger charge is 2.36. The molecule has 1 aromatic rings. The maximum absolute atomic E-state index is 12.7. The summed E-state index contributed by atoms with van der Waals surface area (Å²) in [6, 6.07) is 5.57. The average Bonchev–Trinajstić information content (AvgIpc) is 3.39. The van der Waals surface area contributed by atoms with Gasteiger partial charge in [0.05, 0.1) is 5.69 Å². The quantitative estimate of drug-likeness (QED) is 0.581. The van der Waals surface area contributed by atoms with Gasteiger partial charge < -0.3 is 10.1 Å². The highest BCUT2D eigenvalue weighted by Crippen LogP contribution is 2.29. The first-order valence-electron chi connectivity index (χ1n) is 8.51. The Morgan fingerprint density at radius 2 is 2.19 bits per heavy atom. The summed E-state index contributed by atoms with van der Waals surface area (Å²) in [4.78, 5) is 30.1. The van der Waals surface area contributed by atoms with Crippen molar-refractivity contribution in [2.75, 3.05) is 6.54 Å². The number of hydrogen-bond donors (Lipinski definition) is 1. The largest absolute Gasteiger partial charge is 0.444 e. The lowest BCUT2D eigenvalue weighted by molar-refractivity contribution is -0.127. The van der Waals surface area contributed by atoms with Crippen LogP contribution in [0.3, 0.4) is 0 Å². The molecular formula is C18H24N4O3S. The minimum atomic E-state index is -0.614. The van der Waals surface area contributed by atoms with E-state index in [2.05, 4.69) is 10.3 Å². The van der Waals surface area contributed by atoms with Crippen molar-refractivity contribution in [3.05, 3.63) is 30.1 Å². The van der Waals surface area contributed by atoms with Crippen LogP contribution in [0.2, 0.25) is 0 Å². The van der Waals surface area contributed by atoms with Crippen molar-refractivity contribution in [2.24, 2.45) is 0 Å². The first-order chi connectivity index (χ1) is 12.3. The van der Waals surface area contributed by atoms with Crippen molar-refractivity contribution in [3.8, 4) is 6.19 Å². The second kappa shape index (κ2) is 8.90. The smallest absolute Gasteiger partial charge is 0.407 e. The van der Waals surface area contributed by atoms with Gasteiger partial charge in [-0.2, -0.15) is 5.26 Å². The fourth-order valence-corrected chi connectivity index (χ4v) is 3.18.